The normalized spacial score (nSPS) is 14.6. The lowest BCUT2D eigenvalue weighted by Gasteiger charge is -2.28. The summed E-state index contributed by atoms with van der Waals surface area (Å²) in [5, 5.41) is 26.6. The van der Waals surface area contributed by atoms with Gasteiger partial charge in [-0.15, -0.1) is 0 Å². The third kappa shape index (κ3) is 10.2. The van der Waals surface area contributed by atoms with Gasteiger partial charge in [-0.25, -0.2) is 4.79 Å². The van der Waals surface area contributed by atoms with E-state index in [2.05, 4.69) is 16.0 Å². The van der Waals surface area contributed by atoms with Crippen LogP contribution in [0.1, 0.15) is 39.7 Å². The van der Waals surface area contributed by atoms with Crippen molar-refractivity contribution in [3.8, 4) is 5.75 Å². The topological polar surface area (TPSA) is 171 Å². The van der Waals surface area contributed by atoms with E-state index in [-0.39, 0.29) is 30.4 Å². The number of nitrogens with two attached hydrogens (primary N) is 1. The smallest absolute Gasteiger partial charge is 0.326 e. The highest BCUT2D eigenvalue weighted by molar-refractivity contribution is 7.98. The van der Waals surface area contributed by atoms with Crippen LogP contribution in [0.5, 0.6) is 5.75 Å². The number of phenolic OH excluding ortho intramolecular Hbond substituents is 1. The van der Waals surface area contributed by atoms with Crippen LogP contribution in [-0.2, 0) is 25.6 Å². The minimum Gasteiger partial charge on any atom is -0.508 e. The van der Waals surface area contributed by atoms with E-state index in [0.29, 0.717) is 5.75 Å². The van der Waals surface area contributed by atoms with Crippen molar-refractivity contribution in [2.24, 2.45) is 17.6 Å². The van der Waals surface area contributed by atoms with E-state index in [1.165, 1.54) is 23.9 Å². The Kier molecular flexibility index (Phi) is 12.6. The number of thioether (sulfide) groups is 1. The largest absolute Gasteiger partial charge is 0.508 e. The molecule has 1 aromatic carbocycles. The molecule has 0 spiro atoms. The average Bonchev–Trinajstić information content (AvgIpc) is 2.78. The molecule has 3 amide bonds. The fourth-order valence-electron chi connectivity index (χ4n) is 3.31. The number of rotatable bonds is 14. The van der Waals surface area contributed by atoms with Crippen LogP contribution < -0.4 is 21.7 Å². The van der Waals surface area contributed by atoms with Gasteiger partial charge in [-0.3, -0.25) is 14.4 Å². The molecular weight excluding hydrogens is 472 g/mol. The lowest BCUT2D eigenvalue weighted by atomic mass is 9.98. The molecule has 4 unspecified atom stereocenters. The molecule has 1 rings (SSSR count). The Bertz CT molecular complexity index is 862. The van der Waals surface area contributed by atoms with Crippen molar-refractivity contribution >= 4 is 35.5 Å². The first-order valence-electron chi connectivity index (χ1n) is 11.5. The van der Waals surface area contributed by atoms with Gasteiger partial charge in [0.1, 0.15) is 23.9 Å². The van der Waals surface area contributed by atoms with Gasteiger partial charge in [-0.2, -0.15) is 11.8 Å². The summed E-state index contributed by atoms with van der Waals surface area (Å²) in [5.74, 6) is -2.79. The van der Waals surface area contributed by atoms with Crippen LogP contribution >= 0.6 is 11.8 Å². The summed E-state index contributed by atoms with van der Waals surface area (Å²) in [4.78, 5) is 50.1. The molecule has 4 atom stereocenters. The number of carbonyl (C=O) groups excluding carboxylic acids is 3. The molecule has 0 saturated carbocycles. The molecule has 0 fully saturated rings. The minimum atomic E-state index is -1.14. The molecule has 7 N–H and O–H groups in total. The zero-order valence-electron chi connectivity index (χ0n) is 20.9. The second-order valence-corrected chi connectivity index (χ2v) is 10.1. The van der Waals surface area contributed by atoms with Gasteiger partial charge in [-0.1, -0.05) is 39.8 Å². The monoisotopic (exact) mass is 510 g/mol. The Morgan fingerprint density at radius 2 is 1.37 bits per heavy atom. The second-order valence-electron chi connectivity index (χ2n) is 9.12. The highest BCUT2D eigenvalue weighted by Gasteiger charge is 2.33. The molecule has 0 aliphatic rings. The molecule has 0 saturated heterocycles. The Morgan fingerprint density at radius 1 is 0.886 bits per heavy atom. The number of phenols is 1. The SMILES string of the molecule is CSCCC(NC(=O)C(NC(=O)C(NC(=O)C(N)Cc1ccc(O)cc1)C(C)C)C(C)C)C(=O)O. The van der Waals surface area contributed by atoms with Crippen molar-refractivity contribution in [1.82, 2.24) is 16.0 Å². The summed E-state index contributed by atoms with van der Waals surface area (Å²) < 4.78 is 0. The van der Waals surface area contributed by atoms with Crippen molar-refractivity contribution in [2.75, 3.05) is 12.0 Å². The van der Waals surface area contributed by atoms with E-state index < -0.39 is 47.9 Å². The molecule has 0 aromatic heterocycles. The van der Waals surface area contributed by atoms with Crippen molar-refractivity contribution in [1.29, 1.82) is 0 Å². The van der Waals surface area contributed by atoms with Crippen LogP contribution in [0.15, 0.2) is 24.3 Å². The van der Waals surface area contributed by atoms with E-state index in [1.807, 2.05) is 6.26 Å². The lowest BCUT2D eigenvalue weighted by Crippen LogP contribution is -2.59. The minimum absolute atomic E-state index is 0.103. The predicted molar refractivity (Wildman–Crippen MR) is 136 cm³/mol. The first kappa shape index (κ1) is 30.2. The van der Waals surface area contributed by atoms with Crippen molar-refractivity contribution in [3.63, 3.8) is 0 Å². The van der Waals surface area contributed by atoms with Crippen molar-refractivity contribution < 1.29 is 29.4 Å². The molecule has 10 nitrogen and oxygen atoms in total. The molecule has 11 heteroatoms. The Hall–Kier alpha value is -2.79. The van der Waals surface area contributed by atoms with Crippen LogP contribution in [0, 0.1) is 11.8 Å². The van der Waals surface area contributed by atoms with Gasteiger partial charge >= 0.3 is 5.97 Å². The third-order valence-corrected chi connectivity index (χ3v) is 6.09. The van der Waals surface area contributed by atoms with Gasteiger partial charge < -0.3 is 31.9 Å². The number of carboxylic acid groups (broad SMARTS) is 1. The maximum atomic E-state index is 13.1. The number of hydrogen-bond donors (Lipinski definition) is 6. The van der Waals surface area contributed by atoms with Gasteiger partial charge in [0.2, 0.25) is 17.7 Å². The lowest BCUT2D eigenvalue weighted by molar-refractivity contribution is -0.142. The number of nitrogens with one attached hydrogen (secondary N) is 3. The Balaban J connectivity index is 2.86. The van der Waals surface area contributed by atoms with E-state index in [1.54, 1.807) is 39.8 Å². The molecule has 35 heavy (non-hydrogen) atoms. The number of amides is 3. The van der Waals surface area contributed by atoms with Crippen LogP contribution in [0.3, 0.4) is 0 Å². The third-order valence-electron chi connectivity index (χ3n) is 5.45. The molecular formula is C24H38N4O6S. The summed E-state index contributed by atoms with van der Waals surface area (Å²) in [6.07, 6.45) is 2.31. The van der Waals surface area contributed by atoms with Crippen LogP contribution in [0.25, 0.3) is 0 Å². The van der Waals surface area contributed by atoms with Crippen LogP contribution in [0.2, 0.25) is 0 Å². The van der Waals surface area contributed by atoms with E-state index in [4.69, 9.17) is 5.73 Å². The van der Waals surface area contributed by atoms with Crippen LogP contribution in [0.4, 0.5) is 0 Å². The average molecular weight is 511 g/mol. The zero-order chi connectivity index (χ0) is 26.7. The second kappa shape index (κ2) is 14.6. The summed E-state index contributed by atoms with van der Waals surface area (Å²) in [6.45, 7) is 6.98. The zero-order valence-corrected chi connectivity index (χ0v) is 21.7. The first-order chi connectivity index (χ1) is 16.4. The Morgan fingerprint density at radius 3 is 1.83 bits per heavy atom. The van der Waals surface area contributed by atoms with E-state index in [0.717, 1.165) is 5.56 Å². The fraction of sp³-hybridized carbons (Fsp3) is 0.583. The van der Waals surface area contributed by atoms with Gasteiger partial charge in [0.15, 0.2) is 0 Å². The van der Waals surface area contributed by atoms with E-state index in [9.17, 15) is 29.4 Å². The quantitative estimate of drug-likeness (QED) is 0.214. The maximum absolute atomic E-state index is 13.1. The molecule has 0 aliphatic heterocycles. The maximum Gasteiger partial charge on any atom is 0.326 e. The first-order valence-corrected chi connectivity index (χ1v) is 12.9. The summed E-state index contributed by atoms with van der Waals surface area (Å²) in [5.41, 5.74) is 6.78. The van der Waals surface area contributed by atoms with Gasteiger partial charge in [0.25, 0.3) is 0 Å². The number of aliphatic carboxylic acids is 1. The summed E-state index contributed by atoms with van der Waals surface area (Å²) in [7, 11) is 0. The highest BCUT2D eigenvalue weighted by atomic mass is 32.2. The summed E-state index contributed by atoms with van der Waals surface area (Å²) in [6, 6.07) is 2.39. The number of aromatic hydroxyl groups is 1. The molecule has 0 bridgehead atoms. The molecule has 0 radical (unpaired) electrons. The Labute approximate surface area is 210 Å². The molecule has 0 heterocycles. The van der Waals surface area contributed by atoms with Gasteiger partial charge in [0, 0.05) is 0 Å². The number of carbonyl (C=O) groups is 4. The van der Waals surface area contributed by atoms with Gasteiger partial charge in [0.05, 0.1) is 6.04 Å². The van der Waals surface area contributed by atoms with Gasteiger partial charge in [-0.05, 0) is 54.4 Å². The van der Waals surface area contributed by atoms with E-state index >= 15 is 0 Å². The summed E-state index contributed by atoms with van der Waals surface area (Å²) >= 11 is 1.47. The van der Waals surface area contributed by atoms with Crippen LogP contribution in [-0.4, -0.2) is 70.1 Å². The number of hydrogen-bond acceptors (Lipinski definition) is 7. The predicted octanol–water partition coefficient (Wildman–Crippen LogP) is 0.866. The highest BCUT2D eigenvalue weighted by Crippen LogP contribution is 2.12. The molecule has 196 valence electrons. The standard InChI is InChI=1S/C24H38N4O6S/c1-13(2)19(22(31)26-18(24(33)34)10-11-35-5)28-23(32)20(14(3)4)27-21(30)17(25)12-15-6-8-16(29)9-7-15/h6-9,13-14,17-20,29H,10-12,25H2,1-5H3,(H,26,31)(H,27,30)(H,28,32)(H,33,34). The fourth-order valence-corrected chi connectivity index (χ4v) is 3.78. The number of carboxylic acids is 1. The van der Waals surface area contributed by atoms with Crippen molar-refractivity contribution in [2.45, 2.75) is 64.7 Å². The molecule has 1 aromatic rings. The number of benzene rings is 1. The van der Waals surface area contributed by atoms with Crippen molar-refractivity contribution in [3.05, 3.63) is 29.8 Å². The molecule has 0 aliphatic carbocycles.